The molecule has 0 aliphatic rings. The molecule has 0 fully saturated rings. The van der Waals surface area contributed by atoms with E-state index in [1.165, 1.54) is 13.2 Å². The summed E-state index contributed by atoms with van der Waals surface area (Å²) in [6.07, 6.45) is 0. The van der Waals surface area contributed by atoms with Gasteiger partial charge in [0, 0.05) is 22.2 Å². The van der Waals surface area contributed by atoms with Crippen molar-refractivity contribution in [3.8, 4) is 22.8 Å². The Morgan fingerprint density at radius 1 is 1.11 bits per heavy atom. The molecule has 1 amide bonds. The largest absolute Gasteiger partial charge is 0.497 e. The quantitative estimate of drug-likeness (QED) is 0.631. The van der Waals surface area contributed by atoms with Gasteiger partial charge in [0.05, 0.1) is 25.6 Å². The van der Waals surface area contributed by atoms with E-state index in [2.05, 4.69) is 26.3 Å². The van der Waals surface area contributed by atoms with Gasteiger partial charge in [-0.15, -0.1) is 0 Å². The highest BCUT2D eigenvalue weighted by Crippen LogP contribution is 2.29. The summed E-state index contributed by atoms with van der Waals surface area (Å²) in [4.78, 5) is 24.6. The van der Waals surface area contributed by atoms with Crippen LogP contribution in [0.4, 0.5) is 5.69 Å². The van der Waals surface area contributed by atoms with Crippen molar-refractivity contribution in [2.45, 2.75) is 6.54 Å². The van der Waals surface area contributed by atoms with Crippen LogP contribution in [-0.4, -0.2) is 29.9 Å². The Morgan fingerprint density at radius 3 is 2.64 bits per heavy atom. The van der Waals surface area contributed by atoms with Crippen LogP contribution in [0.1, 0.15) is 0 Å². The molecule has 8 heteroatoms. The number of methoxy groups -OCH3 is 2. The molecule has 0 saturated carbocycles. The molecule has 0 aliphatic heterocycles. The lowest BCUT2D eigenvalue weighted by Crippen LogP contribution is -2.29. The first kappa shape index (κ1) is 19.6. The van der Waals surface area contributed by atoms with Crippen LogP contribution in [0.15, 0.2) is 63.9 Å². The maximum absolute atomic E-state index is 12.5. The normalized spacial score (nSPS) is 10.4. The van der Waals surface area contributed by atoms with Crippen molar-refractivity contribution in [1.29, 1.82) is 0 Å². The van der Waals surface area contributed by atoms with Gasteiger partial charge in [0.1, 0.15) is 18.0 Å². The Balaban J connectivity index is 1.81. The van der Waals surface area contributed by atoms with Crippen molar-refractivity contribution < 1.29 is 14.3 Å². The second kappa shape index (κ2) is 8.71. The third kappa shape index (κ3) is 4.58. The predicted molar refractivity (Wildman–Crippen MR) is 110 cm³/mol. The number of aromatic nitrogens is 2. The van der Waals surface area contributed by atoms with E-state index in [0.29, 0.717) is 22.9 Å². The van der Waals surface area contributed by atoms with Gasteiger partial charge in [-0.05, 0) is 30.3 Å². The molecule has 0 atom stereocenters. The molecule has 0 bridgehead atoms. The van der Waals surface area contributed by atoms with Crippen LogP contribution >= 0.6 is 15.9 Å². The number of amides is 1. The minimum Gasteiger partial charge on any atom is -0.497 e. The molecule has 0 radical (unpaired) electrons. The molecule has 7 nitrogen and oxygen atoms in total. The molecule has 3 rings (SSSR count). The summed E-state index contributed by atoms with van der Waals surface area (Å²) in [5.74, 6) is 0.662. The van der Waals surface area contributed by atoms with Gasteiger partial charge in [-0.3, -0.25) is 9.59 Å². The third-order valence-electron chi connectivity index (χ3n) is 3.96. The predicted octanol–water partition coefficient (Wildman–Crippen LogP) is 3.33. The summed E-state index contributed by atoms with van der Waals surface area (Å²) in [5.41, 5.74) is 1.54. The van der Waals surface area contributed by atoms with E-state index in [1.54, 1.807) is 31.4 Å². The average Bonchev–Trinajstić information content (AvgIpc) is 2.70. The summed E-state index contributed by atoms with van der Waals surface area (Å²) < 4.78 is 12.4. The van der Waals surface area contributed by atoms with E-state index in [9.17, 15) is 9.59 Å². The van der Waals surface area contributed by atoms with Gasteiger partial charge < -0.3 is 14.8 Å². The zero-order valence-electron chi connectivity index (χ0n) is 15.3. The number of benzene rings is 2. The average molecular weight is 444 g/mol. The van der Waals surface area contributed by atoms with Gasteiger partial charge in [0.2, 0.25) is 5.91 Å². The van der Waals surface area contributed by atoms with Crippen molar-refractivity contribution in [3.63, 3.8) is 0 Å². The number of nitrogens with zero attached hydrogens (tertiary/aromatic N) is 2. The number of halogens is 1. The lowest BCUT2D eigenvalue weighted by molar-refractivity contribution is -0.117. The van der Waals surface area contributed by atoms with Crippen molar-refractivity contribution >= 4 is 27.5 Å². The van der Waals surface area contributed by atoms with E-state index in [4.69, 9.17) is 9.47 Å². The lowest BCUT2D eigenvalue weighted by Gasteiger charge is -2.12. The lowest BCUT2D eigenvalue weighted by atomic mass is 10.1. The fourth-order valence-electron chi connectivity index (χ4n) is 2.59. The van der Waals surface area contributed by atoms with E-state index in [0.717, 1.165) is 14.7 Å². The van der Waals surface area contributed by atoms with E-state index in [-0.39, 0.29) is 12.1 Å². The Labute approximate surface area is 170 Å². The molecular weight excluding hydrogens is 426 g/mol. The Kier molecular flexibility index (Phi) is 6.10. The van der Waals surface area contributed by atoms with Gasteiger partial charge in [-0.2, -0.15) is 5.10 Å². The molecule has 0 unspecified atom stereocenters. The fraction of sp³-hybridized carbons (Fsp3) is 0.150. The van der Waals surface area contributed by atoms with Gasteiger partial charge >= 0.3 is 0 Å². The smallest absolute Gasteiger partial charge is 0.267 e. The van der Waals surface area contributed by atoms with Crippen molar-refractivity contribution in [2.75, 3.05) is 19.5 Å². The van der Waals surface area contributed by atoms with Gasteiger partial charge in [0.15, 0.2) is 0 Å². The summed E-state index contributed by atoms with van der Waals surface area (Å²) in [6, 6.07) is 15.6. The monoisotopic (exact) mass is 443 g/mol. The van der Waals surface area contributed by atoms with Crippen molar-refractivity contribution in [1.82, 2.24) is 9.78 Å². The molecule has 144 valence electrons. The van der Waals surface area contributed by atoms with Crippen LogP contribution in [0.25, 0.3) is 11.3 Å². The van der Waals surface area contributed by atoms with Crippen LogP contribution in [0, 0.1) is 0 Å². The number of ether oxygens (including phenoxy) is 2. The fourth-order valence-corrected chi connectivity index (χ4v) is 2.99. The number of nitrogens with one attached hydrogen (secondary N) is 1. The number of anilines is 1. The first-order valence-electron chi connectivity index (χ1n) is 8.36. The Bertz CT molecular complexity index is 1070. The van der Waals surface area contributed by atoms with Crippen LogP contribution in [0.2, 0.25) is 0 Å². The Morgan fingerprint density at radius 2 is 1.93 bits per heavy atom. The number of hydrogen-bond donors (Lipinski definition) is 1. The second-order valence-corrected chi connectivity index (χ2v) is 6.75. The molecular formula is C20H18BrN3O4. The van der Waals surface area contributed by atoms with Gasteiger partial charge in [-0.25, -0.2) is 4.68 Å². The molecule has 0 aliphatic carbocycles. The zero-order valence-corrected chi connectivity index (χ0v) is 16.9. The topological polar surface area (TPSA) is 82.5 Å². The van der Waals surface area contributed by atoms with Crippen molar-refractivity contribution in [3.05, 3.63) is 69.4 Å². The van der Waals surface area contributed by atoms with Crippen LogP contribution in [0.3, 0.4) is 0 Å². The highest BCUT2D eigenvalue weighted by atomic mass is 79.9. The molecule has 1 aromatic heterocycles. The maximum atomic E-state index is 12.5. The standard InChI is InChI=1S/C20H18BrN3O4/c1-27-15-6-7-17(18(11-15)28-2)22-19(25)12-24-20(26)9-8-16(23-24)13-4-3-5-14(21)10-13/h3-11H,12H2,1-2H3,(H,22,25). The minimum absolute atomic E-state index is 0.226. The molecule has 28 heavy (non-hydrogen) atoms. The minimum atomic E-state index is -0.399. The van der Waals surface area contributed by atoms with Gasteiger partial charge in [0.25, 0.3) is 5.56 Å². The number of carbonyl (C=O) groups is 1. The maximum Gasteiger partial charge on any atom is 0.267 e. The summed E-state index contributed by atoms with van der Waals surface area (Å²) >= 11 is 3.41. The number of rotatable bonds is 6. The van der Waals surface area contributed by atoms with E-state index < -0.39 is 5.91 Å². The van der Waals surface area contributed by atoms with Crippen molar-refractivity contribution in [2.24, 2.45) is 0 Å². The molecule has 2 aromatic carbocycles. The van der Waals surface area contributed by atoms with E-state index in [1.807, 2.05) is 24.3 Å². The number of hydrogen-bond acceptors (Lipinski definition) is 5. The van der Waals surface area contributed by atoms with Crippen LogP contribution < -0.4 is 20.3 Å². The van der Waals surface area contributed by atoms with E-state index >= 15 is 0 Å². The highest BCUT2D eigenvalue weighted by molar-refractivity contribution is 9.10. The molecule has 3 aromatic rings. The summed E-state index contributed by atoms with van der Waals surface area (Å²) in [7, 11) is 3.04. The molecule has 1 heterocycles. The van der Waals surface area contributed by atoms with Crippen LogP contribution in [0.5, 0.6) is 11.5 Å². The molecule has 0 saturated heterocycles. The second-order valence-electron chi connectivity index (χ2n) is 5.84. The zero-order chi connectivity index (χ0) is 20.1. The summed E-state index contributed by atoms with van der Waals surface area (Å²) in [6.45, 7) is -0.226. The molecule has 0 spiro atoms. The Hall–Kier alpha value is -3.13. The van der Waals surface area contributed by atoms with Crippen LogP contribution in [-0.2, 0) is 11.3 Å². The SMILES string of the molecule is COc1ccc(NC(=O)Cn2nc(-c3cccc(Br)c3)ccc2=O)c(OC)c1. The summed E-state index contributed by atoms with van der Waals surface area (Å²) in [5, 5.41) is 7.04. The molecule has 1 N–H and O–H groups in total. The highest BCUT2D eigenvalue weighted by Gasteiger charge is 2.12. The first-order chi connectivity index (χ1) is 13.5. The number of carbonyl (C=O) groups excluding carboxylic acids is 1. The first-order valence-corrected chi connectivity index (χ1v) is 9.15. The third-order valence-corrected chi connectivity index (χ3v) is 4.46. The van der Waals surface area contributed by atoms with Gasteiger partial charge in [-0.1, -0.05) is 28.1 Å².